The molecule has 0 unspecified atom stereocenters. The van der Waals surface area contributed by atoms with Gasteiger partial charge >= 0.3 is 0 Å². The standard InChI is InChI=1S/C17H13F2N3O/c18-13-10-15-16(11-14(13)19)22(8-7-20)17(21-15)6-9-23-12-4-2-1-3-5-12/h1-5,10-11H,6,8-9H2. The van der Waals surface area contributed by atoms with E-state index in [9.17, 15) is 8.78 Å². The minimum absolute atomic E-state index is 0.0161. The fraction of sp³-hybridized carbons (Fsp3) is 0.176. The second kappa shape index (κ2) is 6.44. The highest BCUT2D eigenvalue weighted by atomic mass is 19.2. The molecular weight excluding hydrogens is 300 g/mol. The van der Waals surface area contributed by atoms with Crippen molar-refractivity contribution in [1.82, 2.24) is 9.55 Å². The summed E-state index contributed by atoms with van der Waals surface area (Å²) >= 11 is 0. The molecule has 116 valence electrons. The number of benzene rings is 2. The van der Waals surface area contributed by atoms with Gasteiger partial charge in [0.1, 0.15) is 18.1 Å². The summed E-state index contributed by atoms with van der Waals surface area (Å²) in [6, 6.07) is 13.4. The molecule has 0 aliphatic rings. The van der Waals surface area contributed by atoms with Gasteiger partial charge < -0.3 is 9.30 Å². The molecule has 6 heteroatoms. The Morgan fingerprint density at radius 3 is 2.61 bits per heavy atom. The van der Waals surface area contributed by atoms with Gasteiger partial charge in [-0.05, 0) is 12.1 Å². The summed E-state index contributed by atoms with van der Waals surface area (Å²) in [6.45, 7) is 0.367. The lowest BCUT2D eigenvalue weighted by Gasteiger charge is -2.07. The highest BCUT2D eigenvalue weighted by Gasteiger charge is 2.14. The highest BCUT2D eigenvalue weighted by Crippen LogP contribution is 2.20. The summed E-state index contributed by atoms with van der Waals surface area (Å²) < 4.78 is 33.9. The molecular formula is C17H13F2N3O. The molecule has 0 saturated heterocycles. The average molecular weight is 313 g/mol. The van der Waals surface area contributed by atoms with Crippen LogP contribution in [0.3, 0.4) is 0 Å². The van der Waals surface area contributed by atoms with Crippen LogP contribution in [0.25, 0.3) is 11.0 Å². The third-order valence-corrected chi connectivity index (χ3v) is 3.44. The molecule has 1 aromatic heterocycles. The van der Waals surface area contributed by atoms with Crippen molar-refractivity contribution in [2.75, 3.05) is 6.61 Å². The molecule has 0 atom stereocenters. The Kier molecular flexibility index (Phi) is 4.20. The number of ether oxygens (including phenoxy) is 1. The number of aromatic nitrogens is 2. The van der Waals surface area contributed by atoms with E-state index < -0.39 is 11.6 Å². The van der Waals surface area contributed by atoms with Gasteiger partial charge in [-0.2, -0.15) is 5.26 Å². The first-order chi connectivity index (χ1) is 11.2. The van der Waals surface area contributed by atoms with Gasteiger partial charge in [-0.1, -0.05) is 18.2 Å². The zero-order valence-corrected chi connectivity index (χ0v) is 12.2. The fourth-order valence-electron chi connectivity index (χ4n) is 2.38. The zero-order chi connectivity index (χ0) is 16.2. The number of imidazole rings is 1. The van der Waals surface area contributed by atoms with E-state index in [2.05, 4.69) is 4.98 Å². The van der Waals surface area contributed by atoms with E-state index in [1.807, 2.05) is 36.4 Å². The normalized spacial score (nSPS) is 10.7. The van der Waals surface area contributed by atoms with Crippen molar-refractivity contribution >= 4 is 11.0 Å². The molecule has 0 radical (unpaired) electrons. The number of nitriles is 1. The Bertz CT molecular complexity index is 869. The minimum Gasteiger partial charge on any atom is -0.493 e. The summed E-state index contributed by atoms with van der Waals surface area (Å²) in [7, 11) is 0. The number of hydrogen-bond acceptors (Lipinski definition) is 3. The quantitative estimate of drug-likeness (QED) is 0.725. The lowest BCUT2D eigenvalue weighted by atomic mass is 10.3. The molecule has 0 aliphatic heterocycles. The molecule has 0 fully saturated rings. The van der Waals surface area contributed by atoms with E-state index in [0.29, 0.717) is 29.9 Å². The Balaban J connectivity index is 1.84. The molecule has 4 nitrogen and oxygen atoms in total. The van der Waals surface area contributed by atoms with E-state index in [1.165, 1.54) is 0 Å². The first-order valence-electron chi connectivity index (χ1n) is 7.08. The summed E-state index contributed by atoms with van der Waals surface area (Å²) in [5, 5.41) is 8.95. The second-order valence-electron chi connectivity index (χ2n) is 4.94. The van der Waals surface area contributed by atoms with E-state index in [-0.39, 0.29) is 6.54 Å². The van der Waals surface area contributed by atoms with Crippen LogP contribution in [0.1, 0.15) is 5.82 Å². The second-order valence-corrected chi connectivity index (χ2v) is 4.94. The van der Waals surface area contributed by atoms with E-state index in [4.69, 9.17) is 10.00 Å². The summed E-state index contributed by atoms with van der Waals surface area (Å²) in [6.07, 6.45) is 0.425. The van der Waals surface area contributed by atoms with Crippen LogP contribution in [0, 0.1) is 23.0 Å². The molecule has 0 spiro atoms. The summed E-state index contributed by atoms with van der Waals surface area (Å²) in [4.78, 5) is 4.29. The van der Waals surface area contributed by atoms with Crippen LogP contribution in [0.5, 0.6) is 5.75 Å². The molecule has 0 aliphatic carbocycles. The largest absolute Gasteiger partial charge is 0.493 e. The Hall–Kier alpha value is -2.94. The van der Waals surface area contributed by atoms with Gasteiger partial charge in [0.15, 0.2) is 11.6 Å². The molecule has 2 aromatic carbocycles. The smallest absolute Gasteiger partial charge is 0.161 e. The fourth-order valence-corrected chi connectivity index (χ4v) is 2.38. The molecule has 23 heavy (non-hydrogen) atoms. The predicted molar refractivity (Wildman–Crippen MR) is 80.9 cm³/mol. The summed E-state index contributed by atoms with van der Waals surface area (Å²) in [5.74, 6) is -0.620. The molecule has 3 aromatic rings. The SMILES string of the molecule is N#CCn1c(CCOc2ccccc2)nc2cc(F)c(F)cc21. The number of para-hydroxylation sites is 1. The lowest BCUT2D eigenvalue weighted by Crippen LogP contribution is -2.08. The number of fused-ring (bicyclic) bond motifs is 1. The van der Waals surface area contributed by atoms with Crippen LogP contribution in [-0.2, 0) is 13.0 Å². The minimum atomic E-state index is -0.955. The van der Waals surface area contributed by atoms with Crippen LogP contribution in [-0.4, -0.2) is 16.2 Å². The highest BCUT2D eigenvalue weighted by molar-refractivity contribution is 5.76. The van der Waals surface area contributed by atoms with Crippen LogP contribution in [0.2, 0.25) is 0 Å². The number of halogens is 2. The number of rotatable bonds is 5. The van der Waals surface area contributed by atoms with Gasteiger partial charge in [0.05, 0.1) is 23.7 Å². The van der Waals surface area contributed by atoms with Crippen LogP contribution in [0.4, 0.5) is 8.78 Å². The van der Waals surface area contributed by atoms with Crippen molar-refractivity contribution in [3.05, 3.63) is 59.9 Å². The Labute approximate surface area is 131 Å². The molecule has 0 saturated carbocycles. The van der Waals surface area contributed by atoms with E-state index >= 15 is 0 Å². The van der Waals surface area contributed by atoms with Crippen LogP contribution >= 0.6 is 0 Å². The maximum absolute atomic E-state index is 13.4. The maximum atomic E-state index is 13.4. The summed E-state index contributed by atoms with van der Waals surface area (Å²) in [5.41, 5.74) is 0.731. The monoisotopic (exact) mass is 313 g/mol. The first-order valence-corrected chi connectivity index (χ1v) is 7.08. The first kappa shape index (κ1) is 15.0. The van der Waals surface area contributed by atoms with Crippen molar-refractivity contribution in [3.8, 4) is 11.8 Å². The van der Waals surface area contributed by atoms with Crippen LogP contribution in [0.15, 0.2) is 42.5 Å². The Morgan fingerprint density at radius 2 is 1.87 bits per heavy atom. The van der Waals surface area contributed by atoms with Gasteiger partial charge in [-0.15, -0.1) is 0 Å². The third-order valence-electron chi connectivity index (χ3n) is 3.44. The third kappa shape index (κ3) is 3.14. The van der Waals surface area contributed by atoms with Gasteiger partial charge in [-0.3, -0.25) is 0 Å². The van der Waals surface area contributed by atoms with Crippen molar-refractivity contribution in [2.24, 2.45) is 0 Å². The molecule has 0 amide bonds. The van der Waals surface area contributed by atoms with Crippen molar-refractivity contribution in [3.63, 3.8) is 0 Å². The maximum Gasteiger partial charge on any atom is 0.161 e. The van der Waals surface area contributed by atoms with Gasteiger partial charge in [0, 0.05) is 18.6 Å². The van der Waals surface area contributed by atoms with Crippen molar-refractivity contribution in [1.29, 1.82) is 5.26 Å². The molecule has 0 bridgehead atoms. The zero-order valence-electron chi connectivity index (χ0n) is 12.2. The molecule has 1 heterocycles. The van der Waals surface area contributed by atoms with E-state index in [1.54, 1.807) is 4.57 Å². The van der Waals surface area contributed by atoms with Crippen LogP contribution < -0.4 is 4.74 Å². The lowest BCUT2D eigenvalue weighted by molar-refractivity contribution is 0.317. The average Bonchev–Trinajstić information content (AvgIpc) is 2.87. The molecule has 0 N–H and O–H groups in total. The number of nitrogens with zero attached hydrogens (tertiary/aromatic N) is 3. The Morgan fingerprint density at radius 1 is 1.13 bits per heavy atom. The van der Waals surface area contributed by atoms with Gasteiger partial charge in [0.25, 0.3) is 0 Å². The van der Waals surface area contributed by atoms with Crippen molar-refractivity contribution < 1.29 is 13.5 Å². The van der Waals surface area contributed by atoms with Crippen molar-refractivity contribution in [2.45, 2.75) is 13.0 Å². The van der Waals surface area contributed by atoms with Gasteiger partial charge in [-0.25, -0.2) is 13.8 Å². The van der Waals surface area contributed by atoms with E-state index in [0.717, 1.165) is 17.9 Å². The van der Waals surface area contributed by atoms with Gasteiger partial charge in [0.2, 0.25) is 0 Å². The number of hydrogen-bond donors (Lipinski definition) is 0. The predicted octanol–water partition coefficient (Wildman–Crippen LogP) is 3.46. The molecule has 3 rings (SSSR count). The topological polar surface area (TPSA) is 50.8 Å².